The Balaban J connectivity index is 1.86. The highest BCUT2D eigenvalue weighted by molar-refractivity contribution is 7.99. The van der Waals surface area contributed by atoms with Crippen LogP contribution in [0.3, 0.4) is 0 Å². The van der Waals surface area contributed by atoms with Crippen molar-refractivity contribution in [2.75, 3.05) is 24.2 Å². The molecule has 1 atom stereocenters. The third kappa shape index (κ3) is 1.83. The maximum atomic E-state index is 11.3. The van der Waals surface area contributed by atoms with Gasteiger partial charge in [0.25, 0.3) is 0 Å². The molecule has 2 aliphatic rings. The number of anilines is 1. The van der Waals surface area contributed by atoms with E-state index < -0.39 is 0 Å². The highest BCUT2D eigenvalue weighted by Crippen LogP contribution is 2.33. The van der Waals surface area contributed by atoms with Gasteiger partial charge in [0.05, 0.1) is 6.42 Å². The highest BCUT2D eigenvalue weighted by atomic mass is 32.2. The van der Waals surface area contributed by atoms with E-state index in [4.69, 9.17) is 0 Å². The Kier molecular flexibility index (Phi) is 2.61. The van der Waals surface area contributed by atoms with Gasteiger partial charge >= 0.3 is 0 Å². The first-order valence-corrected chi connectivity index (χ1v) is 6.63. The molecule has 1 unspecified atom stereocenters. The maximum absolute atomic E-state index is 11.3. The van der Waals surface area contributed by atoms with Gasteiger partial charge in [-0.1, -0.05) is 12.1 Å². The number of rotatable bonds is 1. The lowest BCUT2D eigenvalue weighted by Crippen LogP contribution is -2.28. The van der Waals surface area contributed by atoms with Crippen molar-refractivity contribution in [1.82, 2.24) is 5.32 Å². The molecule has 0 aliphatic carbocycles. The summed E-state index contributed by atoms with van der Waals surface area (Å²) in [5.41, 5.74) is 3.48. The van der Waals surface area contributed by atoms with Crippen molar-refractivity contribution in [2.24, 2.45) is 0 Å². The first kappa shape index (κ1) is 10.2. The Morgan fingerprint density at radius 1 is 1.38 bits per heavy atom. The molecule has 4 heteroatoms. The zero-order valence-corrected chi connectivity index (χ0v) is 9.77. The van der Waals surface area contributed by atoms with Crippen LogP contribution in [0.25, 0.3) is 0 Å². The molecule has 1 saturated heterocycles. The molecule has 2 heterocycles. The molecule has 1 aromatic rings. The van der Waals surface area contributed by atoms with Crippen LogP contribution in [0.2, 0.25) is 0 Å². The fraction of sp³-hybridized carbons (Fsp3) is 0.417. The zero-order chi connectivity index (χ0) is 11.0. The Morgan fingerprint density at radius 3 is 3.12 bits per heavy atom. The molecule has 84 valence electrons. The van der Waals surface area contributed by atoms with Gasteiger partial charge < -0.3 is 10.6 Å². The molecule has 0 spiro atoms. The third-order valence-corrected chi connectivity index (χ3v) is 4.33. The smallest absolute Gasteiger partial charge is 0.228 e. The molecule has 3 rings (SSSR count). The van der Waals surface area contributed by atoms with Gasteiger partial charge in [-0.05, 0) is 17.2 Å². The highest BCUT2D eigenvalue weighted by Gasteiger charge is 2.21. The van der Waals surface area contributed by atoms with E-state index in [0.717, 1.165) is 24.3 Å². The number of nitrogens with one attached hydrogen (secondary N) is 2. The van der Waals surface area contributed by atoms with Gasteiger partial charge in [-0.3, -0.25) is 4.79 Å². The molecule has 2 aliphatic heterocycles. The van der Waals surface area contributed by atoms with Gasteiger partial charge in [0, 0.05) is 29.8 Å². The Hall–Kier alpha value is -1.00. The summed E-state index contributed by atoms with van der Waals surface area (Å²) in [6, 6.07) is 6.34. The Bertz CT molecular complexity index is 427. The summed E-state index contributed by atoms with van der Waals surface area (Å²) in [5.74, 6) is 1.28. The van der Waals surface area contributed by atoms with Crippen LogP contribution in [0.5, 0.6) is 0 Å². The number of hydrogen-bond acceptors (Lipinski definition) is 3. The third-order valence-electron chi connectivity index (χ3n) is 3.05. The number of hydrogen-bond donors (Lipinski definition) is 2. The Labute approximate surface area is 99.0 Å². The number of carbonyl (C=O) groups is 1. The van der Waals surface area contributed by atoms with Gasteiger partial charge in [0.2, 0.25) is 5.91 Å². The molecule has 16 heavy (non-hydrogen) atoms. The van der Waals surface area contributed by atoms with Crippen LogP contribution in [0.1, 0.15) is 16.4 Å². The molecule has 3 nitrogen and oxygen atoms in total. The summed E-state index contributed by atoms with van der Waals surface area (Å²) in [5, 5.41) is 6.81. The number of fused-ring (bicyclic) bond motifs is 1. The van der Waals surface area contributed by atoms with E-state index in [1.165, 1.54) is 11.3 Å². The second kappa shape index (κ2) is 4.11. The van der Waals surface area contributed by atoms with E-state index in [-0.39, 0.29) is 5.91 Å². The number of carbonyl (C=O) groups excluding carboxylic acids is 1. The van der Waals surface area contributed by atoms with Gasteiger partial charge in [0.1, 0.15) is 0 Å². The van der Waals surface area contributed by atoms with E-state index in [1.54, 1.807) is 0 Å². The fourth-order valence-corrected chi connectivity index (χ4v) is 3.35. The minimum absolute atomic E-state index is 0.113. The second-order valence-electron chi connectivity index (χ2n) is 4.21. The lowest BCUT2D eigenvalue weighted by atomic mass is 10.1. The predicted molar refractivity (Wildman–Crippen MR) is 66.8 cm³/mol. The average Bonchev–Trinajstić information content (AvgIpc) is 2.69. The first-order valence-electron chi connectivity index (χ1n) is 5.58. The Morgan fingerprint density at radius 2 is 2.31 bits per heavy atom. The normalized spacial score (nSPS) is 24.0. The van der Waals surface area contributed by atoms with Crippen LogP contribution in [0.15, 0.2) is 18.2 Å². The summed E-state index contributed by atoms with van der Waals surface area (Å²) in [6.07, 6.45) is 0.536. The van der Waals surface area contributed by atoms with Crippen LogP contribution < -0.4 is 10.6 Å². The number of amides is 1. The SMILES string of the molecule is O=C1Cc2cc(C3CNCCS3)ccc2N1. The molecule has 0 bridgehead atoms. The average molecular weight is 234 g/mol. The summed E-state index contributed by atoms with van der Waals surface area (Å²) in [6.45, 7) is 2.14. The standard InChI is InChI=1S/C12H14N2OS/c15-12-6-9-5-8(1-2-10(9)14-12)11-7-13-3-4-16-11/h1-2,5,11,13H,3-4,6-7H2,(H,14,15). The maximum Gasteiger partial charge on any atom is 0.228 e. The van der Waals surface area contributed by atoms with Crippen LogP contribution in [-0.2, 0) is 11.2 Å². The minimum Gasteiger partial charge on any atom is -0.326 e. The predicted octanol–water partition coefficient (Wildman–Crippen LogP) is 1.56. The van der Waals surface area contributed by atoms with Gasteiger partial charge in [-0.15, -0.1) is 0 Å². The molecule has 0 radical (unpaired) electrons. The van der Waals surface area contributed by atoms with Crippen molar-refractivity contribution in [3.63, 3.8) is 0 Å². The van der Waals surface area contributed by atoms with Crippen molar-refractivity contribution in [1.29, 1.82) is 0 Å². The number of benzene rings is 1. The monoisotopic (exact) mass is 234 g/mol. The molecule has 0 saturated carbocycles. The van der Waals surface area contributed by atoms with E-state index in [9.17, 15) is 4.79 Å². The lowest BCUT2D eigenvalue weighted by Gasteiger charge is -2.23. The summed E-state index contributed by atoms with van der Waals surface area (Å²) in [4.78, 5) is 11.3. The summed E-state index contributed by atoms with van der Waals surface area (Å²) < 4.78 is 0. The van der Waals surface area contributed by atoms with Crippen LogP contribution in [0.4, 0.5) is 5.69 Å². The van der Waals surface area contributed by atoms with Crippen molar-refractivity contribution < 1.29 is 4.79 Å². The quantitative estimate of drug-likeness (QED) is 0.775. The summed E-state index contributed by atoms with van der Waals surface area (Å²) >= 11 is 1.99. The number of thioether (sulfide) groups is 1. The van der Waals surface area contributed by atoms with Crippen molar-refractivity contribution in [3.8, 4) is 0 Å². The molecule has 1 amide bonds. The molecule has 1 fully saturated rings. The van der Waals surface area contributed by atoms with Crippen molar-refractivity contribution in [2.45, 2.75) is 11.7 Å². The second-order valence-corrected chi connectivity index (χ2v) is 5.52. The zero-order valence-electron chi connectivity index (χ0n) is 8.95. The van der Waals surface area contributed by atoms with E-state index in [0.29, 0.717) is 11.7 Å². The lowest BCUT2D eigenvalue weighted by molar-refractivity contribution is -0.115. The van der Waals surface area contributed by atoms with Crippen molar-refractivity contribution in [3.05, 3.63) is 29.3 Å². The van der Waals surface area contributed by atoms with Crippen LogP contribution >= 0.6 is 11.8 Å². The molecule has 1 aromatic carbocycles. The van der Waals surface area contributed by atoms with Gasteiger partial charge in [0.15, 0.2) is 0 Å². The first-order chi connectivity index (χ1) is 7.83. The molecular formula is C12H14N2OS. The van der Waals surface area contributed by atoms with E-state index in [1.807, 2.05) is 17.8 Å². The van der Waals surface area contributed by atoms with E-state index >= 15 is 0 Å². The molecule has 2 N–H and O–H groups in total. The topological polar surface area (TPSA) is 41.1 Å². The minimum atomic E-state index is 0.113. The molecule has 0 aromatic heterocycles. The fourth-order valence-electron chi connectivity index (χ4n) is 2.23. The molecular weight excluding hydrogens is 220 g/mol. The van der Waals surface area contributed by atoms with Crippen LogP contribution in [0, 0.1) is 0 Å². The van der Waals surface area contributed by atoms with Crippen LogP contribution in [-0.4, -0.2) is 24.7 Å². The van der Waals surface area contributed by atoms with Gasteiger partial charge in [-0.25, -0.2) is 0 Å². The van der Waals surface area contributed by atoms with Gasteiger partial charge in [-0.2, -0.15) is 11.8 Å². The van der Waals surface area contributed by atoms with Crippen molar-refractivity contribution >= 4 is 23.4 Å². The van der Waals surface area contributed by atoms with E-state index in [2.05, 4.69) is 22.8 Å². The largest absolute Gasteiger partial charge is 0.326 e. The summed E-state index contributed by atoms with van der Waals surface area (Å²) in [7, 11) is 0.